The molecule has 0 fully saturated rings. The quantitative estimate of drug-likeness (QED) is 0.847. The number of benzene rings is 1. The van der Waals surface area contributed by atoms with Crippen LogP contribution in [0.25, 0.3) is 6.08 Å². The maximum atomic E-state index is 11.9. The zero-order chi connectivity index (χ0) is 16.8. The van der Waals surface area contributed by atoms with Gasteiger partial charge in [-0.2, -0.15) is 0 Å². The lowest BCUT2D eigenvalue weighted by Crippen LogP contribution is -2.23. The van der Waals surface area contributed by atoms with Crippen molar-refractivity contribution in [2.45, 2.75) is 6.42 Å². The molecule has 1 aliphatic heterocycles. The Morgan fingerprint density at radius 3 is 3.00 bits per heavy atom. The van der Waals surface area contributed by atoms with Crippen LogP contribution >= 0.6 is 11.6 Å². The minimum Gasteiger partial charge on any atom is -0.486 e. The first-order valence-electron chi connectivity index (χ1n) is 7.67. The number of carbonyl (C=O) groups is 1. The fourth-order valence-corrected chi connectivity index (χ4v) is 2.59. The predicted molar refractivity (Wildman–Crippen MR) is 92.4 cm³/mol. The highest BCUT2D eigenvalue weighted by molar-refractivity contribution is 6.32. The first-order chi connectivity index (χ1) is 11.7. The Morgan fingerprint density at radius 1 is 1.29 bits per heavy atom. The van der Waals surface area contributed by atoms with Gasteiger partial charge in [-0.15, -0.1) is 0 Å². The van der Waals surface area contributed by atoms with Crippen molar-refractivity contribution < 1.29 is 14.3 Å². The second-order valence-electron chi connectivity index (χ2n) is 5.22. The molecule has 1 aromatic carbocycles. The second kappa shape index (κ2) is 7.84. The lowest BCUT2D eigenvalue weighted by Gasteiger charge is -2.19. The Balaban J connectivity index is 1.55. The topological polar surface area (TPSA) is 60.5 Å². The van der Waals surface area contributed by atoms with Gasteiger partial charge in [0, 0.05) is 30.9 Å². The van der Waals surface area contributed by atoms with Gasteiger partial charge in [0.25, 0.3) is 0 Å². The molecule has 24 heavy (non-hydrogen) atoms. The third kappa shape index (κ3) is 4.26. The molecule has 0 atom stereocenters. The van der Waals surface area contributed by atoms with Crippen molar-refractivity contribution in [2.75, 3.05) is 19.8 Å². The van der Waals surface area contributed by atoms with Crippen molar-refractivity contribution in [3.63, 3.8) is 0 Å². The molecule has 0 aliphatic carbocycles. The maximum absolute atomic E-state index is 11.9. The van der Waals surface area contributed by atoms with Crippen LogP contribution in [0.2, 0.25) is 5.02 Å². The largest absolute Gasteiger partial charge is 0.486 e. The molecule has 1 aliphatic rings. The number of pyridine rings is 1. The van der Waals surface area contributed by atoms with E-state index in [9.17, 15) is 4.79 Å². The number of nitrogens with one attached hydrogen (secondary N) is 1. The van der Waals surface area contributed by atoms with Crippen molar-refractivity contribution in [3.8, 4) is 11.5 Å². The average molecular weight is 345 g/mol. The Bertz CT molecular complexity index is 747. The summed E-state index contributed by atoms with van der Waals surface area (Å²) in [6.07, 6.45) is 5.60. The van der Waals surface area contributed by atoms with Crippen LogP contribution in [-0.2, 0) is 11.2 Å². The van der Waals surface area contributed by atoms with Crippen LogP contribution in [0.15, 0.2) is 42.6 Å². The normalized spacial score (nSPS) is 13.0. The molecule has 6 heteroatoms. The van der Waals surface area contributed by atoms with E-state index in [1.807, 2.05) is 18.2 Å². The zero-order valence-electron chi connectivity index (χ0n) is 13.0. The SMILES string of the molecule is O=C(/C=C/c1cc(Cl)c2c(c1)OCCO2)NCCc1ccccn1. The van der Waals surface area contributed by atoms with Crippen molar-refractivity contribution in [1.29, 1.82) is 0 Å². The Hall–Kier alpha value is -2.53. The highest BCUT2D eigenvalue weighted by atomic mass is 35.5. The summed E-state index contributed by atoms with van der Waals surface area (Å²) in [5.41, 5.74) is 1.73. The zero-order valence-corrected chi connectivity index (χ0v) is 13.8. The van der Waals surface area contributed by atoms with Crippen molar-refractivity contribution in [2.24, 2.45) is 0 Å². The number of hydrogen-bond donors (Lipinski definition) is 1. The summed E-state index contributed by atoms with van der Waals surface area (Å²) in [5, 5.41) is 3.30. The summed E-state index contributed by atoms with van der Waals surface area (Å²) in [6, 6.07) is 9.27. The van der Waals surface area contributed by atoms with E-state index >= 15 is 0 Å². The summed E-state index contributed by atoms with van der Waals surface area (Å²) in [4.78, 5) is 16.1. The van der Waals surface area contributed by atoms with Gasteiger partial charge in [0.05, 0.1) is 5.02 Å². The first kappa shape index (κ1) is 16.3. The molecule has 124 valence electrons. The van der Waals surface area contributed by atoms with Gasteiger partial charge < -0.3 is 14.8 Å². The van der Waals surface area contributed by atoms with Crippen LogP contribution in [0, 0.1) is 0 Å². The van der Waals surface area contributed by atoms with Crippen LogP contribution in [0.4, 0.5) is 0 Å². The molecule has 0 radical (unpaired) electrons. The highest BCUT2D eigenvalue weighted by Crippen LogP contribution is 2.38. The van der Waals surface area contributed by atoms with E-state index in [-0.39, 0.29) is 5.91 Å². The third-order valence-corrected chi connectivity index (χ3v) is 3.73. The fraction of sp³-hybridized carbons (Fsp3) is 0.222. The molecule has 0 unspecified atom stereocenters. The molecule has 2 aromatic rings. The molecule has 0 saturated carbocycles. The number of ether oxygens (including phenoxy) is 2. The lowest BCUT2D eigenvalue weighted by atomic mass is 10.1. The van der Waals surface area contributed by atoms with Crippen LogP contribution in [0.1, 0.15) is 11.3 Å². The molecule has 1 aromatic heterocycles. The van der Waals surface area contributed by atoms with E-state index < -0.39 is 0 Å². The molecule has 5 nitrogen and oxygen atoms in total. The number of hydrogen-bond acceptors (Lipinski definition) is 4. The summed E-state index contributed by atoms with van der Waals surface area (Å²) < 4.78 is 11.0. The average Bonchev–Trinajstić information content (AvgIpc) is 2.61. The minimum absolute atomic E-state index is 0.169. The maximum Gasteiger partial charge on any atom is 0.244 e. The fourth-order valence-electron chi connectivity index (χ4n) is 2.32. The molecule has 0 spiro atoms. The molecule has 0 bridgehead atoms. The number of rotatable bonds is 5. The molecular weight excluding hydrogens is 328 g/mol. The lowest BCUT2D eigenvalue weighted by molar-refractivity contribution is -0.116. The van der Waals surface area contributed by atoms with E-state index in [2.05, 4.69) is 10.3 Å². The van der Waals surface area contributed by atoms with Gasteiger partial charge in [-0.1, -0.05) is 17.7 Å². The van der Waals surface area contributed by atoms with Gasteiger partial charge in [0.2, 0.25) is 5.91 Å². The van der Waals surface area contributed by atoms with Crippen molar-refractivity contribution in [1.82, 2.24) is 10.3 Å². The minimum atomic E-state index is -0.169. The monoisotopic (exact) mass is 344 g/mol. The number of aromatic nitrogens is 1. The smallest absolute Gasteiger partial charge is 0.244 e. The van der Waals surface area contributed by atoms with Gasteiger partial charge in [-0.3, -0.25) is 9.78 Å². The molecule has 3 rings (SSSR count). The Morgan fingerprint density at radius 2 is 2.17 bits per heavy atom. The number of fused-ring (bicyclic) bond motifs is 1. The van der Waals surface area contributed by atoms with Crippen LogP contribution in [0.5, 0.6) is 11.5 Å². The van der Waals surface area contributed by atoms with Crippen LogP contribution in [-0.4, -0.2) is 30.6 Å². The highest BCUT2D eigenvalue weighted by Gasteiger charge is 2.15. The van der Waals surface area contributed by atoms with Crippen molar-refractivity contribution >= 4 is 23.6 Å². The number of halogens is 1. The van der Waals surface area contributed by atoms with E-state index in [1.165, 1.54) is 6.08 Å². The molecule has 1 amide bonds. The molecular formula is C18H17ClN2O3. The third-order valence-electron chi connectivity index (χ3n) is 3.45. The van der Waals surface area contributed by atoms with E-state index in [0.717, 1.165) is 11.3 Å². The van der Waals surface area contributed by atoms with Gasteiger partial charge in [-0.25, -0.2) is 0 Å². The van der Waals surface area contributed by atoms with Crippen molar-refractivity contribution in [3.05, 3.63) is 58.9 Å². The molecule has 1 N–H and O–H groups in total. The summed E-state index contributed by atoms with van der Waals surface area (Å²) in [7, 11) is 0. The Kier molecular flexibility index (Phi) is 5.33. The molecule has 0 saturated heterocycles. The standard InChI is InChI=1S/C18H17ClN2O3/c19-15-11-13(12-16-18(15)24-10-9-23-16)4-5-17(22)21-8-6-14-3-1-2-7-20-14/h1-5,7,11-12H,6,8-10H2,(H,21,22)/b5-4+. The molecule has 2 heterocycles. The van der Waals surface area contributed by atoms with Crippen LogP contribution in [0.3, 0.4) is 0 Å². The summed E-state index contributed by atoms with van der Waals surface area (Å²) >= 11 is 6.17. The van der Waals surface area contributed by atoms with Crippen LogP contribution < -0.4 is 14.8 Å². The Labute approximate surface area is 145 Å². The van der Waals surface area contributed by atoms with Gasteiger partial charge in [0.15, 0.2) is 11.5 Å². The first-order valence-corrected chi connectivity index (χ1v) is 8.05. The second-order valence-corrected chi connectivity index (χ2v) is 5.63. The van der Waals surface area contributed by atoms with E-state index in [4.69, 9.17) is 21.1 Å². The van der Waals surface area contributed by atoms with Gasteiger partial charge >= 0.3 is 0 Å². The number of amides is 1. The number of carbonyl (C=O) groups excluding carboxylic acids is 1. The number of nitrogens with zero attached hydrogens (tertiary/aromatic N) is 1. The van der Waals surface area contributed by atoms with Gasteiger partial charge in [0.1, 0.15) is 13.2 Å². The van der Waals surface area contributed by atoms with E-state index in [1.54, 1.807) is 24.4 Å². The van der Waals surface area contributed by atoms with E-state index in [0.29, 0.717) is 42.7 Å². The summed E-state index contributed by atoms with van der Waals surface area (Å²) in [5.74, 6) is 0.987. The van der Waals surface area contributed by atoms with Gasteiger partial charge in [-0.05, 0) is 35.9 Å². The predicted octanol–water partition coefficient (Wildman–Crippen LogP) is 2.88. The summed E-state index contributed by atoms with van der Waals surface area (Å²) in [6.45, 7) is 1.51.